The van der Waals surface area contributed by atoms with E-state index >= 15 is 4.79 Å². The second kappa shape index (κ2) is 24.3. The molecule has 2 N–H and O–H groups in total. The Labute approximate surface area is 382 Å². The zero-order chi connectivity index (χ0) is 46.4. The van der Waals surface area contributed by atoms with Crippen LogP contribution in [0.4, 0.5) is 0 Å². The van der Waals surface area contributed by atoms with Gasteiger partial charge >= 0.3 is 17.9 Å². The third-order valence-corrected chi connectivity index (χ3v) is 16.1. The summed E-state index contributed by atoms with van der Waals surface area (Å²) in [5, 5.41) is 25.7. The fourth-order valence-corrected chi connectivity index (χ4v) is 11.7. The Morgan fingerprint density at radius 2 is 1.21 bits per heavy atom. The van der Waals surface area contributed by atoms with Gasteiger partial charge in [-0.05, 0) is 49.2 Å². The van der Waals surface area contributed by atoms with Gasteiger partial charge in [-0.25, -0.2) is 0 Å². The van der Waals surface area contributed by atoms with Crippen molar-refractivity contribution < 1.29 is 43.6 Å². The van der Waals surface area contributed by atoms with E-state index in [1.54, 1.807) is 26.0 Å². The Kier molecular flexibility index (Phi) is 20.5. The highest BCUT2D eigenvalue weighted by Crippen LogP contribution is 2.75. The number of rotatable bonds is 30. The van der Waals surface area contributed by atoms with Crippen molar-refractivity contribution in [2.45, 2.75) is 246 Å². The highest BCUT2D eigenvalue weighted by Gasteiger charge is 2.83. The molecule has 63 heavy (non-hydrogen) atoms. The molecule has 9 heteroatoms. The molecule has 0 radical (unpaired) electrons. The molecular formula is C54H90O9. The van der Waals surface area contributed by atoms with Crippen LogP contribution in [0.3, 0.4) is 0 Å². The number of allylic oxidation sites excluding steroid dienone is 1. The van der Waals surface area contributed by atoms with Gasteiger partial charge in [-0.3, -0.25) is 19.2 Å². The Morgan fingerprint density at radius 1 is 0.746 bits per heavy atom. The predicted octanol–water partition coefficient (Wildman–Crippen LogP) is 12.3. The number of fused-ring (bicyclic) bond motifs is 3. The van der Waals surface area contributed by atoms with E-state index in [9.17, 15) is 24.6 Å². The van der Waals surface area contributed by atoms with Crippen LogP contribution in [-0.4, -0.2) is 63.9 Å². The molecule has 0 aliphatic heterocycles. The van der Waals surface area contributed by atoms with Crippen LogP contribution in [-0.2, 0) is 33.4 Å². The number of carbonyl (C=O) groups excluding carboxylic acids is 4. The number of aliphatic hydroxyl groups is 2. The van der Waals surface area contributed by atoms with Crippen LogP contribution in [0.2, 0.25) is 0 Å². The quantitative estimate of drug-likeness (QED) is 0.0313. The third-order valence-electron chi connectivity index (χ3n) is 16.1. The first-order valence-electron chi connectivity index (χ1n) is 25.9. The van der Waals surface area contributed by atoms with Crippen molar-refractivity contribution >= 4 is 23.7 Å². The summed E-state index contributed by atoms with van der Waals surface area (Å²) in [7, 11) is 0. The Hall–Kier alpha value is -2.52. The molecular weight excluding hydrogens is 793 g/mol. The van der Waals surface area contributed by atoms with Gasteiger partial charge in [0.25, 0.3) is 0 Å². The summed E-state index contributed by atoms with van der Waals surface area (Å²) in [4.78, 5) is 56.0. The average molecular weight is 883 g/mol. The van der Waals surface area contributed by atoms with E-state index < -0.39 is 69.9 Å². The molecule has 1 spiro atoms. The van der Waals surface area contributed by atoms with Gasteiger partial charge < -0.3 is 24.4 Å². The van der Waals surface area contributed by atoms with Crippen LogP contribution in [0.1, 0.15) is 223 Å². The van der Waals surface area contributed by atoms with Crippen molar-refractivity contribution in [2.75, 3.05) is 6.61 Å². The van der Waals surface area contributed by atoms with Crippen LogP contribution < -0.4 is 0 Å². The van der Waals surface area contributed by atoms with E-state index in [2.05, 4.69) is 13.8 Å². The lowest BCUT2D eigenvalue weighted by molar-refractivity contribution is -0.207. The lowest BCUT2D eigenvalue weighted by Gasteiger charge is -2.49. The first-order valence-corrected chi connectivity index (χ1v) is 25.9. The minimum Gasteiger partial charge on any atom is -0.461 e. The SMILES string of the molecule is CCCCCCCCCCCCCCCC(=O)OCC1=C[C@H]2C(=O)C3(C=C(C)[C@H](OC(=O)C(C)C(C)C)[C@@]3(O)[C@@H]1O)[C@H](C)CC1(OC(=O)CCCCCCCCCCC)[C@H]2C1(C)C. The van der Waals surface area contributed by atoms with Gasteiger partial charge in [-0.15, -0.1) is 0 Å². The topological polar surface area (TPSA) is 136 Å². The first-order chi connectivity index (χ1) is 30.0. The van der Waals surface area contributed by atoms with Gasteiger partial charge in [0.15, 0.2) is 17.5 Å². The molecule has 9 nitrogen and oxygen atoms in total. The molecule has 2 saturated carbocycles. The molecule has 3 unspecified atom stereocenters. The van der Waals surface area contributed by atoms with E-state index in [0.29, 0.717) is 18.4 Å². The molecule has 4 aliphatic rings. The van der Waals surface area contributed by atoms with E-state index in [-0.39, 0.29) is 42.7 Å². The van der Waals surface area contributed by atoms with Crippen LogP contribution in [0.25, 0.3) is 0 Å². The summed E-state index contributed by atoms with van der Waals surface area (Å²) in [6, 6.07) is 0. The number of esters is 3. The van der Waals surface area contributed by atoms with Crippen LogP contribution >= 0.6 is 0 Å². The molecule has 0 saturated heterocycles. The molecule has 360 valence electrons. The monoisotopic (exact) mass is 883 g/mol. The summed E-state index contributed by atoms with van der Waals surface area (Å²) >= 11 is 0. The normalized spacial score (nSPS) is 29.8. The lowest BCUT2D eigenvalue weighted by Crippen LogP contribution is -2.66. The standard InChI is InChI=1S/C54H90O9/c1-10-12-14-16-18-20-21-22-23-25-26-28-30-32-44(55)61-37-42-34-43-46-51(8,9)53(46,63-45(56)33-31-29-27-24-19-17-15-13-11-2)36-40(6)52(48(43)58)35-39(5)49(54(52,60)47(42)57)62-50(59)41(7)38(3)4/h34-35,38,40-41,43,46-47,49,57,60H,10-33,36-37H2,1-9H3/t40-,41?,43-,46-,47-,49+,52?,53?,54+/m1/s1. The Bertz CT molecular complexity index is 1560. The van der Waals surface area contributed by atoms with E-state index in [4.69, 9.17) is 14.2 Å². The highest BCUT2D eigenvalue weighted by atomic mass is 16.6. The van der Waals surface area contributed by atoms with Gasteiger partial charge in [0.2, 0.25) is 0 Å². The zero-order valence-electron chi connectivity index (χ0n) is 41.3. The van der Waals surface area contributed by atoms with Crippen molar-refractivity contribution in [2.24, 2.45) is 40.4 Å². The summed E-state index contributed by atoms with van der Waals surface area (Å²) in [5.74, 6) is -3.98. The molecule has 0 heterocycles. The molecule has 4 aliphatic carbocycles. The van der Waals surface area contributed by atoms with Crippen molar-refractivity contribution in [1.29, 1.82) is 0 Å². The van der Waals surface area contributed by atoms with Crippen LogP contribution in [0.5, 0.6) is 0 Å². The van der Waals surface area contributed by atoms with E-state index in [0.717, 1.165) is 38.5 Å². The lowest BCUT2D eigenvalue weighted by atomic mass is 9.59. The van der Waals surface area contributed by atoms with Crippen LogP contribution in [0.15, 0.2) is 23.3 Å². The highest BCUT2D eigenvalue weighted by molar-refractivity contribution is 5.96. The average Bonchev–Trinajstić information content (AvgIpc) is 3.64. The van der Waals surface area contributed by atoms with Crippen molar-refractivity contribution in [1.82, 2.24) is 0 Å². The third kappa shape index (κ3) is 12.1. The zero-order valence-corrected chi connectivity index (χ0v) is 41.3. The number of carbonyl (C=O) groups is 4. The van der Waals surface area contributed by atoms with E-state index in [1.807, 2.05) is 34.6 Å². The minimum atomic E-state index is -2.30. The van der Waals surface area contributed by atoms with Gasteiger partial charge in [-0.1, -0.05) is 196 Å². The number of unbranched alkanes of at least 4 members (excludes halogenated alkanes) is 20. The Morgan fingerprint density at radius 3 is 1.68 bits per heavy atom. The molecule has 4 rings (SSSR count). The first kappa shape index (κ1) is 53.1. The predicted molar refractivity (Wildman–Crippen MR) is 251 cm³/mol. The number of ketones is 1. The number of ether oxygens (including phenoxy) is 3. The maximum absolute atomic E-state index is 15.4. The van der Waals surface area contributed by atoms with Crippen LogP contribution in [0, 0.1) is 40.4 Å². The number of Topliss-reactive ketones (excluding diaryl/α,β-unsaturated/α-hetero) is 1. The summed E-state index contributed by atoms with van der Waals surface area (Å²) in [5.41, 5.74) is -4.89. The fourth-order valence-electron chi connectivity index (χ4n) is 11.7. The Balaban J connectivity index is 1.49. The number of hydrogen-bond acceptors (Lipinski definition) is 9. The fraction of sp³-hybridized carbons (Fsp3) is 0.852. The summed E-state index contributed by atoms with van der Waals surface area (Å²) < 4.78 is 18.6. The maximum atomic E-state index is 15.4. The molecule has 0 amide bonds. The molecule has 2 bridgehead atoms. The summed E-state index contributed by atoms with van der Waals surface area (Å²) in [6.07, 6.45) is 27.0. The van der Waals surface area contributed by atoms with Crippen molar-refractivity contribution in [3.8, 4) is 0 Å². The minimum absolute atomic E-state index is 0.0436. The molecule has 0 aromatic heterocycles. The van der Waals surface area contributed by atoms with Crippen molar-refractivity contribution in [3.63, 3.8) is 0 Å². The number of aliphatic hydroxyl groups excluding tert-OH is 1. The van der Waals surface area contributed by atoms with Gasteiger partial charge in [0.05, 0.1) is 11.3 Å². The molecule has 9 atom stereocenters. The van der Waals surface area contributed by atoms with Gasteiger partial charge in [0.1, 0.15) is 18.3 Å². The van der Waals surface area contributed by atoms with Crippen molar-refractivity contribution in [3.05, 3.63) is 23.3 Å². The van der Waals surface area contributed by atoms with Gasteiger partial charge in [-0.2, -0.15) is 0 Å². The second-order valence-corrected chi connectivity index (χ2v) is 21.4. The smallest absolute Gasteiger partial charge is 0.309 e. The number of hydrogen-bond donors (Lipinski definition) is 2. The maximum Gasteiger partial charge on any atom is 0.309 e. The largest absolute Gasteiger partial charge is 0.461 e. The molecule has 0 aromatic carbocycles. The molecule has 0 aromatic rings. The van der Waals surface area contributed by atoms with Gasteiger partial charge in [0, 0.05) is 30.1 Å². The van der Waals surface area contributed by atoms with E-state index in [1.165, 1.54) is 96.3 Å². The second-order valence-electron chi connectivity index (χ2n) is 21.4. The molecule has 2 fully saturated rings. The summed E-state index contributed by atoms with van der Waals surface area (Å²) in [6.45, 7) is 17.4.